The first kappa shape index (κ1) is 14.1. The normalized spacial score (nSPS) is 11.4. The molecule has 2 rings (SSSR count). The van der Waals surface area contributed by atoms with E-state index in [-0.39, 0.29) is 12.4 Å². The molecule has 0 unspecified atom stereocenters. The second kappa shape index (κ2) is 6.25. The quantitative estimate of drug-likeness (QED) is 0.395. The zero-order chi connectivity index (χ0) is 14.5. The van der Waals surface area contributed by atoms with E-state index in [2.05, 4.69) is 9.89 Å². The minimum atomic E-state index is -0.518. The Morgan fingerprint density at radius 1 is 1.55 bits per heavy atom. The number of thiophene rings is 1. The number of rotatable bonds is 5. The van der Waals surface area contributed by atoms with Crippen molar-refractivity contribution in [2.45, 2.75) is 13.5 Å². The molecule has 0 aliphatic heterocycles. The maximum Gasteiger partial charge on any atom is 0.374 e. The lowest BCUT2D eigenvalue weighted by Crippen LogP contribution is -2.12. The van der Waals surface area contributed by atoms with Gasteiger partial charge in [0.2, 0.25) is 5.76 Å². The molecule has 0 amide bonds. The number of ether oxygens (including phenoxy) is 1. The van der Waals surface area contributed by atoms with Crippen LogP contribution in [0, 0.1) is 6.92 Å². The van der Waals surface area contributed by atoms with Gasteiger partial charge in [0, 0.05) is 16.5 Å². The number of furan rings is 1. The Morgan fingerprint density at radius 3 is 3.00 bits per heavy atom. The minimum Gasteiger partial charge on any atom is -0.463 e. The first-order chi connectivity index (χ1) is 9.61. The molecule has 2 aromatic rings. The van der Waals surface area contributed by atoms with E-state index in [1.807, 2.05) is 16.8 Å². The molecule has 0 spiro atoms. The van der Waals surface area contributed by atoms with Gasteiger partial charge in [-0.05, 0) is 24.4 Å². The fraction of sp³-hybridized carbons (Fsp3) is 0.231. The maximum absolute atomic E-state index is 11.4. The molecule has 0 aliphatic rings. The number of amidine groups is 1. The highest BCUT2D eigenvalue weighted by Crippen LogP contribution is 2.16. The van der Waals surface area contributed by atoms with Gasteiger partial charge in [0.1, 0.15) is 5.76 Å². The van der Waals surface area contributed by atoms with Gasteiger partial charge < -0.3 is 19.7 Å². The highest BCUT2D eigenvalue weighted by molar-refractivity contribution is 7.08. The summed E-state index contributed by atoms with van der Waals surface area (Å²) in [6.07, 6.45) is 0. The number of hydrogen-bond donors (Lipinski definition) is 1. The number of methoxy groups -OCH3 is 1. The Labute approximate surface area is 119 Å². The maximum atomic E-state index is 11.4. The molecule has 0 saturated carbocycles. The molecule has 2 aromatic heterocycles. The molecular weight excluding hydrogens is 280 g/mol. The van der Waals surface area contributed by atoms with Crippen LogP contribution in [-0.4, -0.2) is 18.9 Å². The molecule has 2 N–H and O–H groups in total. The van der Waals surface area contributed by atoms with E-state index in [9.17, 15) is 4.79 Å². The first-order valence-corrected chi connectivity index (χ1v) is 6.71. The molecule has 0 saturated heterocycles. The zero-order valence-corrected chi connectivity index (χ0v) is 11.9. The smallest absolute Gasteiger partial charge is 0.374 e. The Hall–Kier alpha value is -2.28. The fourth-order valence-corrected chi connectivity index (χ4v) is 2.19. The molecule has 2 heterocycles. The van der Waals surface area contributed by atoms with Crippen molar-refractivity contribution in [3.05, 3.63) is 45.5 Å². The summed E-state index contributed by atoms with van der Waals surface area (Å²) in [7, 11) is 1.30. The van der Waals surface area contributed by atoms with E-state index in [0.29, 0.717) is 17.2 Å². The number of nitrogens with zero attached hydrogens (tertiary/aromatic N) is 1. The highest BCUT2D eigenvalue weighted by Gasteiger charge is 2.16. The molecule has 0 fully saturated rings. The highest BCUT2D eigenvalue weighted by atomic mass is 32.1. The number of esters is 1. The van der Waals surface area contributed by atoms with Gasteiger partial charge in [0.15, 0.2) is 12.4 Å². The number of aryl methyl sites for hydroxylation is 1. The van der Waals surface area contributed by atoms with Crippen molar-refractivity contribution in [1.29, 1.82) is 0 Å². The van der Waals surface area contributed by atoms with Gasteiger partial charge in [-0.1, -0.05) is 5.16 Å². The number of hydrogen-bond acceptors (Lipinski definition) is 6. The van der Waals surface area contributed by atoms with E-state index >= 15 is 0 Å². The molecule has 6 nitrogen and oxygen atoms in total. The molecule has 20 heavy (non-hydrogen) atoms. The number of carbonyl (C=O) groups is 1. The Bertz CT molecular complexity index is 616. The third-order valence-corrected chi connectivity index (χ3v) is 3.21. The van der Waals surface area contributed by atoms with Crippen LogP contribution in [0.5, 0.6) is 0 Å². The summed E-state index contributed by atoms with van der Waals surface area (Å²) >= 11 is 1.52. The van der Waals surface area contributed by atoms with Crippen molar-refractivity contribution in [3.63, 3.8) is 0 Å². The third-order valence-electron chi connectivity index (χ3n) is 2.53. The molecule has 0 aromatic carbocycles. The molecular formula is C13H14N2O4S. The average molecular weight is 294 g/mol. The van der Waals surface area contributed by atoms with Crippen LogP contribution < -0.4 is 5.73 Å². The van der Waals surface area contributed by atoms with Crippen LogP contribution in [0.2, 0.25) is 0 Å². The Kier molecular flexibility index (Phi) is 4.41. The Balaban J connectivity index is 1.98. The summed E-state index contributed by atoms with van der Waals surface area (Å²) in [6.45, 7) is 1.84. The monoisotopic (exact) mass is 294 g/mol. The number of nitrogens with two attached hydrogens (primary N) is 1. The zero-order valence-electron chi connectivity index (χ0n) is 11.1. The average Bonchev–Trinajstić information content (AvgIpc) is 3.07. The largest absolute Gasteiger partial charge is 0.463 e. The summed E-state index contributed by atoms with van der Waals surface area (Å²) in [5.41, 5.74) is 7.23. The summed E-state index contributed by atoms with van der Waals surface area (Å²) in [5, 5.41) is 7.56. The lowest BCUT2D eigenvalue weighted by molar-refractivity contribution is 0.0552. The van der Waals surface area contributed by atoms with Crippen molar-refractivity contribution in [2.75, 3.05) is 7.11 Å². The summed E-state index contributed by atoms with van der Waals surface area (Å²) in [6, 6.07) is 3.54. The SMILES string of the molecule is COC(=O)c1oc(CO/N=C(/N)c2ccsc2)cc1C. The van der Waals surface area contributed by atoms with Crippen LogP contribution in [0.1, 0.15) is 27.4 Å². The summed E-state index contributed by atoms with van der Waals surface area (Å²) < 4.78 is 9.93. The molecule has 7 heteroatoms. The number of carbonyl (C=O) groups excluding carboxylic acids is 1. The van der Waals surface area contributed by atoms with Gasteiger partial charge in [-0.25, -0.2) is 4.79 Å². The van der Waals surface area contributed by atoms with Gasteiger partial charge >= 0.3 is 5.97 Å². The lowest BCUT2D eigenvalue weighted by Gasteiger charge is -1.98. The van der Waals surface area contributed by atoms with E-state index in [4.69, 9.17) is 15.0 Å². The molecule has 0 atom stereocenters. The van der Waals surface area contributed by atoms with E-state index in [1.165, 1.54) is 18.4 Å². The lowest BCUT2D eigenvalue weighted by atomic mass is 10.3. The predicted molar refractivity (Wildman–Crippen MR) is 74.6 cm³/mol. The predicted octanol–water partition coefficient (Wildman–Crippen LogP) is 2.27. The van der Waals surface area contributed by atoms with Crippen LogP contribution in [0.15, 0.2) is 32.5 Å². The van der Waals surface area contributed by atoms with Crippen molar-refractivity contribution in [2.24, 2.45) is 10.9 Å². The van der Waals surface area contributed by atoms with Crippen LogP contribution >= 0.6 is 11.3 Å². The van der Waals surface area contributed by atoms with E-state index in [0.717, 1.165) is 5.56 Å². The Morgan fingerprint density at radius 2 is 2.35 bits per heavy atom. The van der Waals surface area contributed by atoms with Crippen LogP contribution in [0.4, 0.5) is 0 Å². The summed E-state index contributed by atoms with van der Waals surface area (Å²) in [5.74, 6) is 0.420. The van der Waals surface area contributed by atoms with Crippen molar-refractivity contribution < 1.29 is 18.8 Å². The van der Waals surface area contributed by atoms with Crippen molar-refractivity contribution in [3.8, 4) is 0 Å². The van der Waals surface area contributed by atoms with Gasteiger partial charge in [-0.2, -0.15) is 11.3 Å². The van der Waals surface area contributed by atoms with E-state index in [1.54, 1.807) is 13.0 Å². The van der Waals surface area contributed by atoms with Gasteiger partial charge in [0.05, 0.1) is 7.11 Å². The van der Waals surface area contributed by atoms with Crippen LogP contribution in [0.25, 0.3) is 0 Å². The standard InChI is InChI=1S/C13H14N2O4S/c1-8-5-10(19-11(8)13(16)17-2)6-18-15-12(14)9-3-4-20-7-9/h3-5,7H,6H2,1-2H3,(H2,14,15). The molecule has 0 radical (unpaired) electrons. The topological polar surface area (TPSA) is 87.0 Å². The second-order valence-corrected chi connectivity index (χ2v) is 4.76. The van der Waals surface area contributed by atoms with E-state index < -0.39 is 5.97 Å². The molecule has 0 aliphatic carbocycles. The van der Waals surface area contributed by atoms with Gasteiger partial charge in [-0.15, -0.1) is 0 Å². The second-order valence-electron chi connectivity index (χ2n) is 3.98. The van der Waals surface area contributed by atoms with Gasteiger partial charge in [-0.3, -0.25) is 0 Å². The molecule has 106 valence electrons. The van der Waals surface area contributed by atoms with Crippen LogP contribution in [0.3, 0.4) is 0 Å². The van der Waals surface area contributed by atoms with Crippen molar-refractivity contribution >= 4 is 23.1 Å². The number of oxime groups is 1. The first-order valence-electron chi connectivity index (χ1n) is 5.77. The van der Waals surface area contributed by atoms with Crippen molar-refractivity contribution in [1.82, 2.24) is 0 Å². The summed E-state index contributed by atoms with van der Waals surface area (Å²) in [4.78, 5) is 16.5. The minimum absolute atomic E-state index is 0.0860. The van der Waals surface area contributed by atoms with Crippen LogP contribution in [-0.2, 0) is 16.2 Å². The fourth-order valence-electron chi connectivity index (χ4n) is 1.54. The third kappa shape index (κ3) is 3.18. The molecule has 0 bridgehead atoms. The van der Waals surface area contributed by atoms with Gasteiger partial charge in [0.25, 0.3) is 0 Å².